The normalized spacial score (nSPS) is 19.3. The lowest BCUT2D eigenvalue weighted by Gasteiger charge is -2.41. The molecule has 0 bridgehead atoms. The van der Waals surface area contributed by atoms with Gasteiger partial charge < -0.3 is 10.5 Å². The molecule has 4 heteroatoms. The molecule has 2 nitrogen and oxygen atoms in total. The summed E-state index contributed by atoms with van der Waals surface area (Å²) >= 11 is 5.31. The first-order chi connectivity index (χ1) is 6.77. The van der Waals surface area contributed by atoms with Crippen molar-refractivity contribution in [2.45, 2.75) is 18.3 Å². The molecule has 78 valence electrons. The lowest BCUT2D eigenvalue weighted by Crippen LogP contribution is -2.46. The van der Waals surface area contributed by atoms with Crippen molar-refractivity contribution in [3.8, 4) is 0 Å². The molecule has 1 fully saturated rings. The number of thiophene rings is 1. The maximum atomic E-state index is 5.55. The van der Waals surface area contributed by atoms with Gasteiger partial charge in [0.2, 0.25) is 0 Å². The van der Waals surface area contributed by atoms with E-state index in [2.05, 4.69) is 27.4 Å². The summed E-state index contributed by atoms with van der Waals surface area (Å²) in [5, 5.41) is 2.14. The Morgan fingerprint density at radius 3 is 2.79 bits per heavy atom. The Kier molecular flexibility index (Phi) is 3.27. The van der Waals surface area contributed by atoms with Crippen LogP contribution < -0.4 is 5.73 Å². The highest BCUT2D eigenvalue weighted by atomic mass is 79.9. The monoisotopic (exact) mass is 275 g/mol. The second kappa shape index (κ2) is 4.31. The van der Waals surface area contributed by atoms with E-state index in [0.717, 1.165) is 32.6 Å². The Labute approximate surface area is 96.6 Å². The largest absolute Gasteiger partial charge is 0.379 e. The highest BCUT2D eigenvalue weighted by Gasteiger charge is 2.40. The Hall–Kier alpha value is 0.1000. The van der Waals surface area contributed by atoms with Crippen LogP contribution in [0.2, 0.25) is 0 Å². The van der Waals surface area contributed by atoms with Gasteiger partial charge in [-0.25, -0.2) is 0 Å². The van der Waals surface area contributed by atoms with Crippen LogP contribution in [0.1, 0.15) is 17.7 Å². The van der Waals surface area contributed by atoms with E-state index in [1.807, 2.05) is 11.3 Å². The van der Waals surface area contributed by atoms with Gasteiger partial charge in [0.15, 0.2) is 0 Å². The van der Waals surface area contributed by atoms with Gasteiger partial charge in [0.1, 0.15) is 0 Å². The van der Waals surface area contributed by atoms with Crippen LogP contribution in [-0.4, -0.2) is 19.8 Å². The van der Waals surface area contributed by atoms with Crippen LogP contribution in [0.15, 0.2) is 15.9 Å². The molecule has 1 aromatic heterocycles. The van der Waals surface area contributed by atoms with Gasteiger partial charge in [0.05, 0.1) is 18.6 Å². The molecule has 1 aromatic rings. The van der Waals surface area contributed by atoms with Crippen molar-refractivity contribution < 1.29 is 4.74 Å². The predicted molar refractivity (Wildman–Crippen MR) is 62.8 cm³/mol. The third-order valence-electron chi connectivity index (χ3n) is 2.71. The molecule has 0 radical (unpaired) electrons. The van der Waals surface area contributed by atoms with Crippen LogP contribution in [0, 0.1) is 0 Å². The lowest BCUT2D eigenvalue weighted by molar-refractivity contribution is -0.0630. The Balaban J connectivity index is 2.11. The number of halogens is 1. The number of nitrogens with two attached hydrogens (primary N) is 1. The van der Waals surface area contributed by atoms with Gasteiger partial charge in [-0.15, -0.1) is 11.3 Å². The molecular formula is C10H14BrNOS. The third kappa shape index (κ3) is 1.89. The predicted octanol–water partition coefficient (Wildman–Crippen LogP) is 2.52. The molecular weight excluding hydrogens is 262 g/mol. The topological polar surface area (TPSA) is 35.2 Å². The van der Waals surface area contributed by atoms with E-state index in [9.17, 15) is 0 Å². The van der Waals surface area contributed by atoms with Crippen molar-refractivity contribution in [3.63, 3.8) is 0 Å². The van der Waals surface area contributed by atoms with Crippen LogP contribution in [0.5, 0.6) is 0 Å². The number of hydrogen-bond donors (Lipinski definition) is 1. The zero-order chi connectivity index (χ0) is 10.0. The standard InChI is InChI=1S/C10H14BrNOS/c11-8-4-9(14-5-8)10(2-1-3-12)6-13-7-10/h4-5H,1-3,6-7,12H2. The smallest absolute Gasteiger partial charge is 0.0593 e. The van der Waals surface area contributed by atoms with E-state index in [-0.39, 0.29) is 5.41 Å². The van der Waals surface area contributed by atoms with Crippen molar-refractivity contribution in [2.24, 2.45) is 5.73 Å². The molecule has 0 aliphatic carbocycles. The molecule has 0 atom stereocenters. The molecule has 2 rings (SSSR count). The van der Waals surface area contributed by atoms with E-state index in [4.69, 9.17) is 10.5 Å². The van der Waals surface area contributed by atoms with Gasteiger partial charge in [0, 0.05) is 14.7 Å². The highest BCUT2D eigenvalue weighted by molar-refractivity contribution is 9.10. The average Bonchev–Trinajstić information content (AvgIpc) is 2.51. The Bertz CT molecular complexity index is 309. The summed E-state index contributed by atoms with van der Waals surface area (Å²) in [5.74, 6) is 0. The Morgan fingerprint density at radius 1 is 1.57 bits per heavy atom. The van der Waals surface area contributed by atoms with E-state index in [1.165, 1.54) is 9.35 Å². The fourth-order valence-electron chi connectivity index (χ4n) is 1.79. The van der Waals surface area contributed by atoms with Crippen LogP contribution in [-0.2, 0) is 10.2 Å². The van der Waals surface area contributed by atoms with Gasteiger partial charge in [-0.1, -0.05) is 0 Å². The maximum Gasteiger partial charge on any atom is 0.0593 e. The van der Waals surface area contributed by atoms with E-state index in [0.29, 0.717) is 0 Å². The molecule has 14 heavy (non-hydrogen) atoms. The van der Waals surface area contributed by atoms with E-state index in [1.54, 1.807) is 0 Å². The average molecular weight is 276 g/mol. The quantitative estimate of drug-likeness (QED) is 0.917. The number of rotatable bonds is 4. The maximum absolute atomic E-state index is 5.55. The SMILES string of the molecule is NCCCC1(c2cc(Br)cs2)COC1. The molecule has 1 aliphatic rings. The summed E-state index contributed by atoms with van der Waals surface area (Å²) in [6.07, 6.45) is 2.23. The fraction of sp³-hybridized carbons (Fsp3) is 0.600. The molecule has 1 aliphatic heterocycles. The molecule has 0 spiro atoms. The second-order valence-corrected chi connectivity index (χ2v) is 5.62. The Morgan fingerprint density at radius 2 is 2.36 bits per heavy atom. The summed E-state index contributed by atoms with van der Waals surface area (Å²) in [5.41, 5.74) is 5.82. The molecule has 1 saturated heterocycles. The van der Waals surface area contributed by atoms with Crippen molar-refractivity contribution in [2.75, 3.05) is 19.8 Å². The molecule has 2 heterocycles. The van der Waals surface area contributed by atoms with Gasteiger partial charge >= 0.3 is 0 Å². The third-order valence-corrected chi connectivity index (χ3v) is 4.64. The van der Waals surface area contributed by atoms with Gasteiger partial charge in [0.25, 0.3) is 0 Å². The number of hydrogen-bond acceptors (Lipinski definition) is 3. The molecule has 2 N–H and O–H groups in total. The van der Waals surface area contributed by atoms with Crippen molar-refractivity contribution in [3.05, 3.63) is 20.8 Å². The zero-order valence-electron chi connectivity index (χ0n) is 7.96. The molecule has 0 saturated carbocycles. The summed E-state index contributed by atoms with van der Waals surface area (Å²) < 4.78 is 6.53. The number of ether oxygens (including phenoxy) is 1. The van der Waals surface area contributed by atoms with Crippen LogP contribution in [0.4, 0.5) is 0 Å². The van der Waals surface area contributed by atoms with Gasteiger partial charge in [-0.2, -0.15) is 0 Å². The second-order valence-electron chi connectivity index (χ2n) is 3.79. The first-order valence-corrected chi connectivity index (χ1v) is 6.46. The lowest BCUT2D eigenvalue weighted by atomic mass is 9.80. The van der Waals surface area contributed by atoms with Crippen molar-refractivity contribution in [1.82, 2.24) is 0 Å². The minimum atomic E-state index is 0.274. The van der Waals surface area contributed by atoms with Crippen molar-refractivity contribution in [1.29, 1.82) is 0 Å². The summed E-state index contributed by atoms with van der Waals surface area (Å²) in [4.78, 5) is 1.43. The molecule has 0 aromatic carbocycles. The van der Waals surface area contributed by atoms with E-state index < -0.39 is 0 Å². The zero-order valence-corrected chi connectivity index (χ0v) is 10.4. The summed E-state index contributed by atoms with van der Waals surface area (Å²) in [6, 6.07) is 2.21. The first-order valence-electron chi connectivity index (χ1n) is 4.79. The molecule has 0 unspecified atom stereocenters. The minimum Gasteiger partial charge on any atom is -0.379 e. The fourth-order valence-corrected chi connectivity index (χ4v) is 3.42. The first kappa shape index (κ1) is 10.6. The summed E-state index contributed by atoms with van der Waals surface area (Å²) in [7, 11) is 0. The van der Waals surface area contributed by atoms with Crippen LogP contribution in [0.3, 0.4) is 0 Å². The van der Waals surface area contributed by atoms with Gasteiger partial charge in [-0.05, 0) is 41.4 Å². The minimum absolute atomic E-state index is 0.274. The highest BCUT2D eigenvalue weighted by Crippen LogP contribution is 2.40. The van der Waals surface area contributed by atoms with Gasteiger partial charge in [-0.3, -0.25) is 0 Å². The van der Waals surface area contributed by atoms with Crippen LogP contribution >= 0.6 is 27.3 Å². The van der Waals surface area contributed by atoms with Crippen LogP contribution in [0.25, 0.3) is 0 Å². The molecule has 0 amide bonds. The summed E-state index contributed by atoms with van der Waals surface area (Å²) in [6.45, 7) is 2.49. The van der Waals surface area contributed by atoms with E-state index >= 15 is 0 Å². The van der Waals surface area contributed by atoms with Crippen molar-refractivity contribution >= 4 is 27.3 Å².